The molecule has 0 radical (unpaired) electrons. The first kappa shape index (κ1) is 12.7. The zero-order valence-corrected chi connectivity index (χ0v) is 10.2. The average Bonchev–Trinajstić information content (AvgIpc) is 2.29. The van der Waals surface area contributed by atoms with Crippen LogP contribution in [0.15, 0.2) is 30.3 Å². The molecule has 0 aromatic heterocycles. The normalized spacial score (nSPS) is 10.9. The summed E-state index contributed by atoms with van der Waals surface area (Å²) in [7, 11) is 0. The van der Waals surface area contributed by atoms with Crippen molar-refractivity contribution in [3.8, 4) is 0 Å². The molecule has 0 N–H and O–H groups in total. The van der Waals surface area contributed by atoms with Gasteiger partial charge in [0.25, 0.3) is 0 Å². The van der Waals surface area contributed by atoms with Crippen molar-refractivity contribution in [1.82, 2.24) is 0 Å². The molecule has 0 saturated heterocycles. The fourth-order valence-corrected chi connectivity index (χ4v) is 1.50. The molecular formula is C15H20O. The lowest BCUT2D eigenvalue weighted by molar-refractivity contribution is -0.114. The van der Waals surface area contributed by atoms with Crippen LogP contribution in [0.25, 0.3) is 6.08 Å². The van der Waals surface area contributed by atoms with E-state index in [0.29, 0.717) is 6.42 Å². The van der Waals surface area contributed by atoms with Crippen LogP contribution in [0.2, 0.25) is 0 Å². The fourth-order valence-electron chi connectivity index (χ4n) is 1.50. The second-order valence-electron chi connectivity index (χ2n) is 4.17. The highest BCUT2D eigenvalue weighted by atomic mass is 16.1. The van der Waals surface area contributed by atoms with Crippen LogP contribution in [-0.2, 0) is 4.79 Å². The summed E-state index contributed by atoms with van der Waals surface area (Å²) in [4.78, 5) is 11.5. The van der Waals surface area contributed by atoms with Crippen molar-refractivity contribution in [2.75, 3.05) is 0 Å². The lowest BCUT2D eigenvalue weighted by Gasteiger charge is -1.96. The quantitative estimate of drug-likeness (QED) is 0.515. The van der Waals surface area contributed by atoms with Gasteiger partial charge in [-0.15, -0.1) is 0 Å². The number of hydrogen-bond acceptors (Lipinski definition) is 1. The van der Waals surface area contributed by atoms with E-state index in [1.54, 1.807) is 6.08 Å². The largest absolute Gasteiger partial charge is 0.295 e. The van der Waals surface area contributed by atoms with Crippen molar-refractivity contribution < 1.29 is 4.79 Å². The van der Waals surface area contributed by atoms with Gasteiger partial charge < -0.3 is 0 Å². The second-order valence-corrected chi connectivity index (χ2v) is 4.17. The number of unbranched alkanes of at least 4 members (excludes halogenated alkanes) is 2. The van der Waals surface area contributed by atoms with E-state index in [4.69, 9.17) is 0 Å². The standard InChI is InChI=1S/C15H20O/c1-3-4-5-6-15(16)12-11-14-9-7-13(2)8-10-14/h7-12H,3-6H2,1-2H3. The Labute approximate surface area is 98.2 Å². The van der Waals surface area contributed by atoms with E-state index in [0.717, 1.165) is 24.8 Å². The van der Waals surface area contributed by atoms with E-state index in [1.165, 1.54) is 5.56 Å². The van der Waals surface area contributed by atoms with Gasteiger partial charge in [-0.25, -0.2) is 0 Å². The minimum absolute atomic E-state index is 0.231. The third-order valence-corrected chi connectivity index (χ3v) is 2.57. The van der Waals surface area contributed by atoms with E-state index >= 15 is 0 Å². The van der Waals surface area contributed by atoms with Crippen LogP contribution in [0, 0.1) is 6.92 Å². The van der Waals surface area contributed by atoms with Gasteiger partial charge in [0.05, 0.1) is 0 Å². The highest BCUT2D eigenvalue weighted by Crippen LogP contribution is 2.06. The maximum atomic E-state index is 11.5. The molecule has 0 saturated carbocycles. The SMILES string of the molecule is CCCCCC(=O)C=Cc1ccc(C)cc1. The van der Waals surface area contributed by atoms with Crippen LogP contribution < -0.4 is 0 Å². The van der Waals surface area contributed by atoms with Crippen molar-refractivity contribution in [3.63, 3.8) is 0 Å². The van der Waals surface area contributed by atoms with Crippen molar-refractivity contribution in [1.29, 1.82) is 0 Å². The highest BCUT2D eigenvalue weighted by molar-refractivity contribution is 5.93. The van der Waals surface area contributed by atoms with E-state index in [1.807, 2.05) is 18.2 Å². The summed E-state index contributed by atoms with van der Waals surface area (Å²) >= 11 is 0. The monoisotopic (exact) mass is 216 g/mol. The Kier molecular flexibility index (Phi) is 5.55. The molecule has 0 atom stereocenters. The molecule has 1 aromatic carbocycles. The van der Waals surface area contributed by atoms with Crippen LogP contribution in [-0.4, -0.2) is 5.78 Å². The molecule has 1 nitrogen and oxygen atoms in total. The molecular weight excluding hydrogens is 196 g/mol. The van der Waals surface area contributed by atoms with Gasteiger partial charge in [0.15, 0.2) is 5.78 Å². The fraction of sp³-hybridized carbons (Fsp3) is 0.400. The number of ketones is 1. The highest BCUT2D eigenvalue weighted by Gasteiger charge is 1.95. The summed E-state index contributed by atoms with van der Waals surface area (Å²) in [6, 6.07) is 8.18. The zero-order valence-electron chi connectivity index (χ0n) is 10.2. The molecule has 0 unspecified atom stereocenters. The van der Waals surface area contributed by atoms with Gasteiger partial charge in [0.2, 0.25) is 0 Å². The number of aryl methyl sites for hydroxylation is 1. The number of carbonyl (C=O) groups excluding carboxylic acids is 1. The van der Waals surface area contributed by atoms with Crippen molar-refractivity contribution >= 4 is 11.9 Å². The molecule has 0 aliphatic heterocycles. The number of benzene rings is 1. The van der Waals surface area contributed by atoms with Crippen LogP contribution in [0.1, 0.15) is 43.7 Å². The molecule has 0 aliphatic carbocycles. The van der Waals surface area contributed by atoms with E-state index in [-0.39, 0.29) is 5.78 Å². The van der Waals surface area contributed by atoms with Crippen molar-refractivity contribution in [2.45, 2.75) is 39.5 Å². The maximum Gasteiger partial charge on any atom is 0.155 e. The van der Waals surface area contributed by atoms with Gasteiger partial charge >= 0.3 is 0 Å². The van der Waals surface area contributed by atoms with Gasteiger partial charge in [-0.3, -0.25) is 4.79 Å². The Morgan fingerprint density at radius 3 is 2.50 bits per heavy atom. The summed E-state index contributed by atoms with van der Waals surface area (Å²) in [5.41, 5.74) is 2.33. The average molecular weight is 216 g/mol. The molecule has 0 amide bonds. The number of hydrogen-bond donors (Lipinski definition) is 0. The molecule has 0 heterocycles. The summed E-state index contributed by atoms with van der Waals surface area (Å²) in [5.74, 6) is 0.231. The van der Waals surface area contributed by atoms with Crippen molar-refractivity contribution in [3.05, 3.63) is 41.5 Å². The Bertz CT molecular complexity index is 346. The van der Waals surface area contributed by atoms with Crippen LogP contribution in [0.4, 0.5) is 0 Å². The summed E-state index contributed by atoms with van der Waals surface area (Å²) in [6.07, 6.45) is 7.58. The van der Waals surface area contributed by atoms with Crippen molar-refractivity contribution in [2.24, 2.45) is 0 Å². The first-order valence-electron chi connectivity index (χ1n) is 6.00. The third kappa shape index (κ3) is 4.92. The Morgan fingerprint density at radius 2 is 1.88 bits per heavy atom. The van der Waals surface area contributed by atoms with E-state index in [9.17, 15) is 4.79 Å². The molecule has 1 heteroatoms. The topological polar surface area (TPSA) is 17.1 Å². The Morgan fingerprint density at radius 1 is 1.19 bits per heavy atom. The Hall–Kier alpha value is -1.37. The van der Waals surface area contributed by atoms with Gasteiger partial charge in [0.1, 0.15) is 0 Å². The molecule has 86 valence electrons. The molecule has 0 bridgehead atoms. The molecule has 16 heavy (non-hydrogen) atoms. The summed E-state index contributed by atoms with van der Waals surface area (Å²) < 4.78 is 0. The van der Waals surface area contributed by atoms with Crippen LogP contribution >= 0.6 is 0 Å². The lowest BCUT2D eigenvalue weighted by atomic mass is 10.1. The van der Waals surface area contributed by atoms with Crippen LogP contribution in [0.3, 0.4) is 0 Å². The minimum atomic E-state index is 0.231. The smallest absolute Gasteiger partial charge is 0.155 e. The van der Waals surface area contributed by atoms with E-state index < -0.39 is 0 Å². The molecule has 1 rings (SSSR count). The zero-order chi connectivity index (χ0) is 11.8. The Balaban J connectivity index is 2.41. The molecule has 0 aliphatic rings. The van der Waals surface area contributed by atoms with Gasteiger partial charge in [-0.05, 0) is 25.0 Å². The molecule has 0 spiro atoms. The number of rotatable bonds is 6. The molecule has 0 fully saturated rings. The van der Waals surface area contributed by atoms with Gasteiger partial charge in [0, 0.05) is 6.42 Å². The lowest BCUT2D eigenvalue weighted by Crippen LogP contribution is -1.91. The number of allylic oxidation sites excluding steroid dienone is 1. The molecule has 1 aromatic rings. The maximum absolute atomic E-state index is 11.5. The van der Waals surface area contributed by atoms with Crippen LogP contribution in [0.5, 0.6) is 0 Å². The second kappa shape index (κ2) is 7.00. The van der Waals surface area contributed by atoms with Gasteiger partial charge in [-0.1, -0.05) is 55.7 Å². The summed E-state index contributed by atoms with van der Waals surface area (Å²) in [5, 5.41) is 0. The number of carbonyl (C=O) groups is 1. The third-order valence-electron chi connectivity index (χ3n) is 2.57. The van der Waals surface area contributed by atoms with E-state index in [2.05, 4.69) is 26.0 Å². The minimum Gasteiger partial charge on any atom is -0.295 e. The predicted molar refractivity (Wildman–Crippen MR) is 69.4 cm³/mol. The first-order valence-corrected chi connectivity index (χ1v) is 6.00. The predicted octanol–water partition coefficient (Wildman–Crippen LogP) is 4.16. The first-order chi connectivity index (χ1) is 7.72. The van der Waals surface area contributed by atoms with Gasteiger partial charge in [-0.2, -0.15) is 0 Å². The summed E-state index contributed by atoms with van der Waals surface area (Å²) in [6.45, 7) is 4.20.